The molecule has 0 unspecified atom stereocenters. The van der Waals surface area contributed by atoms with E-state index in [0.717, 1.165) is 22.1 Å². The third kappa shape index (κ3) is 1.62. The van der Waals surface area contributed by atoms with Crippen molar-refractivity contribution in [3.63, 3.8) is 0 Å². The monoisotopic (exact) mass is 294 g/mol. The van der Waals surface area contributed by atoms with Gasteiger partial charge in [0.25, 0.3) is 0 Å². The third-order valence-electron chi connectivity index (χ3n) is 4.64. The van der Waals surface area contributed by atoms with Crippen LogP contribution >= 0.6 is 0 Å². The number of furan rings is 1. The summed E-state index contributed by atoms with van der Waals surface area (Å²) in [7, 11) is 0. The highest BCUT2D eigenvalue weighted by atomic mass is 16.3. The lowest BCUT2D eigenvalue weighted by Gasteiger charge is -2.03. The van der Waals surface area contributed by atoms with Gasteiger partial charge < -0.3 is 4.42 Å². The van der Waals surface area contributed by atoms with Gasteiger partial charge in [0, 0.05) is 16.2 Å². The van der Waals surface area contributed by atoms with Gasteiger partial charge in [0.05, 0.1) is 0 Å². The van der Waals surface area contributed by atoms with E-state index in [-0.39, 0.29) is 0 Å². The van der Waals surface area contributed by atoms with Gasteiger partial charge in [-0.25, -0.2) is 0 Å². The molecular formula is C22H14O. The van der Waals surface area contributed by atoms with Gasteiger partial charge in [-0.2, -0.15) is 0 Å². The van der Waals surface area contributed by atoms with Crippen molar-refractivity contribution in [2.75, 3.05) is 0 Å². The third-order valence-corrected chi connectivity index (χ3v) is 4.64. The Kier molecular flexibility index (Phi) is 2.42. The summed E-state index contributed by atoms with van der Waals surface area (Å²) in [6.07, 6.45) is 1.91. The molecule has 108 valence electrons. The molecule has 1 nitrogen and oxygen atoms in total. The Morgan fingerprint density at radius 2 is 1.52 bits per heavy atom. The average molecular weight is 294 g/mol. The molecule has 0 aliphatic heterocycles. The van der Waals surface area contributed by atoms with E-state index in [0.29, 0.717) is 0 Å². The Bertz CT molecular complexity index is 1220. The van der Waals surface area contributed by atoms with Crippen LogP contribution in [0.1, 0.15) is 5.56 Å². The van der Waals surface area contributed by atoms with Crippen molar-refractivity contribution in [2.24, 2.45) is 0 Å². The van der Waals surface area contributed by atoms with Gasteiger partial charge in [0.15, 0.2) is 0 Å². The predicted octanol–water partition coefficient (Wildman–Crippen LogP) is 6.54. The molecule has 0 saturated heterocycles. The lowest BCUT2D eigenvalue weighted by Crippen LogP contribution is -1.79. The van der Waals surface area contributed by atoms with Crippen LogP contribution in [0.25, 0.3) is 49.6 Å². The fraction of sp³-hybridized carbons (Fsp3) is 0. The molecule has 1 heterocycles. The highest BCUT2D eigenvalue weighted by Gasteiger charge is 2.13. The van der Waals surface area contributed by atoms with Crippen molar-refractivity contribution in [1.82, 2.24) is 0 Å². The first-order valence-corrected chi connectivity index (χ1v) is 7.75. The van der Waals surface area contributed by atoms with Crippen LogP contribution in [-0.2, 0) is 0 Å². The summed E-state index contributed by atoms with van der Waals surface area (Å²) in [6.45, 7) is 3.93. The van der Waals surface area contributed by atoms with E-state index < -0.39 is 0 Å². The first-order valence-electron chi connectivity index (χ1n) is 7.75. The second-order valence-electron chi connectivity index (χ2n) is 5.85. The summed E-state index contributed by atoms with van der Waals surface area (Å²) in [6, 6.07) is 23.2. The molecule has 0 bridgehead atoms. The Labute approximate surface area is 133 Å². The molecule has 0 amide bonds. The van der Waals surface area contributed by atoms with Crippen LogP contribution in [0.3, 0.4) is 0 Å². The van der Waals surface area contributed by atoms with Crippen LogP contribution in [-0.4, -0.2) is 0 Å². The van der Waals surface area contributed by atoms with Gasteiger partial charge in [0.1, 0.15) is 11.2 Å². The molecule has 0 aliphatic rings. The van der Waals surface area contributed by atoms with Crippen LogP contribution in [0.5, 0.6) is 0 Å². The normalized spacial score (nSPS) is 11.7. The molecule has 1 aromatic heterocycles. The zero-order chi connectivity index (χ0) is 15.4. The number of hydrogen-bond acceptors (Lipinski definition) is 1. The lowest BCUT2D eigenvalue weighted by atomic mass is 9.99. The Balaban J connectivity index is 2.07. The van der Waals surface area contributed by atoms with E-state index in [2.05, 4.69) is 73.3 Å². The molecule has 0 spiro atoms. The molecular weight excluding hydrogens is 280 g/mol. The SMILES string of the molecule is C=Cc1cccc2c1ccc1oc3c4ccccc4ccc3c12. The molecule has 0 saturated carbocycles. The molecule has 0 atom stereocenters. The number of rotatable bonds is 1. The van der Waals surface area contributed by atoms with E-state index in [1.165, 1.54) is 26.9 Å². The minimum atomic E-state index is 0.935. The number of fused-ring (bicyclic) bond motifs is 7. The second kappa shape index (κ2) is 4.47. The zero-order valence-corrected chi connectivity index (χ0v) is 12.5. The van der Waals surface area contributed by atoms with E-state index >= 15 is 0 Å². The minimum absolute atomic E-state index is 0.935. The van der Waals surface area contributed by atoms with Gasteiger partial charge in [-0.15, -0.1) is 0 Å². The van der Waals surface area contributed by atoms with E-state index in [4.69, 9.17) is 4.42 Å². The van der Waals surface area contributed by atoms with E-state index in [1.54, 1.807) is 0 Å². The summed E-state index contributed by atoms with van der Waals surface area (Å²) < 4.78 is 6.22. The van der Waals surface area contributed by atoms with E-state index in [9.17, 15) is 0 Å². The standard InChI is InChI=1S/C22H14O/c1-2-14-7-5-9-18-16(14)12-13-20-21(18)19-11-10-15-6-3-4-8-17(15)22(19)23-20/h2-13H,1H2. The van der Waals surface area contributed by atoms with Gasteiger partial charge in [0.2, 0.25) is 0 Å². The molecule has 4 aromatic carbocycles. The van der Waals surface area contributed by atoms with Gasteiger partial charge in [-0.1, -0.05) is 67.3 Å². The molecule has 1 heteroatoms. The van der Waals surface area contributed by atoms with Crippen molar-refractivity contribution in [1.29, 1.82) is 0 Å². The van der Waals surface area contributed by atoms with Crippen LogP contribution in [0.15, 0.2) is 77.7 Å². The summed E-state index contributed by atoms with van der Waals surface area (Å²) in [4.78, 5) is 0. The van der Waals surface area contributed by atoms with Gasteiger partial charge >= 0.3 is 0 Å². The number of benzene rings is 4. The van der Waals surface area contributed by atoms with Crippen molar-refractivity contribution < 1.29 is 4.42 Å². The molecule has 23 heavy (non-hydrogen) atoms. The van der Waals surface area contributed by atoms with Crippen molar-refractivity contribution in [3.8, 4) is 0 Å². The van der Waals surface area contributed by atoms with Crippen molar-refractivity contribution >= 4 is 49.6 Å². The minimum Gasteiger partial charge on any atom is -0.455 e. The van der Waals surface area contributed by atoms with Gasteiger partial charge in [-0.05, 0) is 33.9 Å². The molecule has 0 radical (unpaired) electrons. The molecule has 5 aromatic rings. The van der Waals surface area contributed by atoms with Crippen molar-refractivity contribution in [3.05, 3.63) is 78.9 Å². The van der Waals surface area contributed by atoms with Gasteiger partial charge in [-0.3, -0.25) is 0 Å². The maximum absolute atomic E-state index is 6.22. The largest absolute Gasteiger partial charge is 0.455 e. The summed E-state index contributed by atoms with van der Waals surface area (Å²) in [5, 5.41) is 7.15. The van der Waals surface area contributed by atoms with Crippen molar-refractivity contribution in [2.45, 2.75) is 0 Å². The smallest absolute Gasteiger partial charge is 0.143 e. The Morgan fingerprint density at radius 3 is 2.43 bits per heavy atom. The topological polar surface area (TPSA) is 13.1 Å². The number of hydrogen-bond donors (Lipinski definition) is 0. The molecule has 0 N–H and O–H groups in total. The van der Waals surface area contributed by atoms with Crippen LogP contribution < -0.4 is 0 Å². The zero-order valence-electron chi connectivity index (χ0n) is 12.5. The first-order chi connectivity index (χ1) is 11.4. The fourth-order valence-electron chi connectivity index (χ4n) is 3.56. The maximum atomic E-state index is 6.22. The summed E-state index contributed by atoms with van der Waals surface area (Å²) in [5.41, 5.74) is 3.05. The molecule has 0 fully saturated rings. The molecule has 5 rings (SSSR count). The van der Waals surface area contributed by atoms with Crippen LogP contribution in [0, 0.1) is 0 Å². The second-order valence-corrected chi connectivity index (χ2v) is 5.85. The van der Waals surface area contributed by atoms with Crippen LogP contribution in [0.4, 0.5) is 0 Å². The predicted molar refractivity (Wildman–Crippen MR) is 98.8 cm³/mol. The Hall–Kier alpha value is -3.06. The van der Waals surface area contributed by atoms with Crippen LogP contribution in [0.2, 0.25) is 0 Å². The average Bonchev–Trinajstić information content (AvgIpc) is 3.00. The summed E-state index contributed by atoms with van der Waals surface area (Å²) >= 11 is 0. The quantitative estimate of drug-likeness (QED) is 0.342. The summed E-state index contributed by atoms with van der Waals surface area (Å²) in [5.74, 6) is 0. The first kappa shape index (κ1) is 12.5. The Morgan fingerprint density at radius 1 is 0.696 bits per heavy atom. The maximum Gasteiger partial charge on any atom is 0.143 e. The molecule has 0 aliphatic carbocycles. The highest BCUT2D eigenvalue weighted by Crippen LogP contribution is 2.38. The fourth-order valence-corrected chi connectivity index (χ4v) is 3.56. The highest BCUT2D eigenvalue weighted by molar-refractivity contribution is 6.23. The van der Waals surface area contributed by atoms with E-state index in [1.807, 2.05) is 6.08 Å². The lowest BCUT2D eigenvalue weighted by molar-refractivity contribution is 0.673.